The number of hydrogen-bond acceptors (Lipinski definition) is 6. The lowest BCUT2D eigenvalue weighted by Gasteiger charge is -2.07. The molecule has 1 aromatic carbocycles. The molecule has 9 heteroatoms. The van der Waals surface area contributed by atoms with Gasteiger partial charge in [0, 0.05) is 31.3 Å². The molecular formula is C17H17N7OS. The standard InChI is InChI=1S/C17H17N7OS/c1-10-9-15-19-16(11-5-3-4-6-12(11)24(15)22-10)26-17-21-20-14(23(17)2)8-7-13(18)25/h3-6,9H,7-8H2,1-2H3,(H2,18,25). The van der Waals surface area contributed by atoms with Gasteiger partial charge in [0.15, 0.2) is 10.8 Å². The van der Waals surface area contributed by atoms with Crippen molar-refractivity contribution in [2.45, 2.75) is 29.9 Å². The molecule has 0 saturated heterocycles. The summed E-state index contributed by atoms with van der Waals surface area (Å²) < 4.78 is 3.72. The molecule has 2 N–H and O–H groups in total. The summed E-state index contributed by atoms with van der Waals surface area (Å²) in [5.74, 6) is 0.369. The van der Waals surface area contributed by atoms with Gasteiger partial charge in [-0.25, -0.2) is 9.50 Å². The van der Waals surface area contributed by atoms with Crippen LogP contribution in [-0.4, -0.2) is 35.3 Å². The summed E-state index contributed by atoms with van der Waals surface area (Å²) >= 11 is 1.44. The number of fused-ring (bicyclic) bond motifs is 3. The fourth-order valence-electron chi connectivity index (χ4n) is 2.80. The molecule has 0 unspecified atom stereocenters. The number of benzene rings is 1. The zero-order chi connectivity index (χ0) is 18.3. The molecule has 0 radical (unpaired) electrons. The second-order valence-electron chi connectivity index (χ2n) is 6.02. The number of primary amides is 1. The molecule has 4 rings (SSSR count). The van der Waals surface area contributed by atoms with Crippen LogP contribution in [0.5, 0.6) is 0 Å². The largest absolute Gasteiger partial charge is 0.370 e. The molecule has 0 fully saturated rings. The number of carbonyl (C=O) groups excluding carboxylic acids is 1. The van der Waals surface area contributed by atoms with Crippen LogP contribution in [0.25, 0.3) is 16.6 Å². The lowest BCUT2D eigenvalue weighted by Crippen LogP contribution is -2.12. The number of nitrogens with zero attached hydrogens (tertiary/aromatic N) is 6. The minimum absolute atomic E-state index is 0.249. The van der Waals surface area contributed by atoms with E-state index in [1.165, 1.54) is 11.8 Å². The van der Waals surface area contributed by atoms with Crippen molar-refractivity contribution < 1.29 is 4.79 Å². The molecule has 0 aliphatic carbocycles. The third kappa shape index (κ3) is 2.90. The van der Waals surface area contributed by atoms with Crippen LogP contribution in [0.15, 0.2) is 40.5 Å². The van der Waals surface area contributed by atoms with Crippen molar-refractivity contribution in [3.8, 4) is 0 Å². The zero-order valence-corrected chi connectivity index (χ0v) is 15.2. The molecule has 8 nitrogen and oxygen atoms in total. The Morgan fingerprint density at radius 3 is 2.88 bits per heavy atom. The Morgan fingerprint density at radius 1 is 1.27 bits per heavy atom. The third-order valence-electron chi connectivity index (χ3n) is 4.10. The van der Waals surface area contributed by atoms with E-state index in [0.29, 0.717) is 11.6 Å². The van der Waals surface area contributed by atoms with Gasteiger partial charge < -0.3 is 10.3 Å². The Morgan fingerprint density at radius 2 is 2.08 bits per heavy atom. The highest BCUT2D eigenvalue weighted by Crippen LogP contribution is 2.31. The van der Waals surface area contributed by atoms with Crippen LogP contribution in [0, 0.1) is 6.92 Å². The van der Waals surface area contributed by atoms with Crippen LogP contribution in [0.2, 0.25) is 0 Å². The minimum Gasteiger partial charge on any atom is -0.370 e. The first-order valence-corrected chi connectivity index (χ1v) is 8.94. The van der Waals surface area contributed by atoms with E-state index in [9.17, 15) is 4.79 Å². The number of para-hydroxylation sites is 1. The zero-order valence-electron chi connectivity index (χ0n) is 14.4. The van der Waals surface area contributed by atoms with Crippen LogP contribution < -0.4 is 5.73 Å². The van der Waals surface area contributed by atoms with Gasteiger partial charge in [0.2, 0.25) is 5.91 Å². The first-order chi connectivity index (χ1) is 12.5. The Labute approximate surface area is 153 Å². The van der Waals surface area contributed by atoms with E-state index >= 15 is 0 Å². The molecule has 4 aromatic rings. The first kappa shape index (κ1) is 16.5. The van der Waals surface area contributed by atoms with E-state index in [4.69, 9.17) is 10.7 Å². The van der Waals surface area contributed by atoms with Gasteiger partial charge in [-0.05, 0) is 24.8 Å². The molecule has 26 heavy (non-hydrogen) atoms. The number of rotatable bonds is 5. The second kappa shape index (κ2) is 6.41. The van der Waals surface area contributed by atoms with E-state index in [0.717, 1.165) is 33.1 Å². The SMILES string of the molecule is Cc1cc2nc(Sc3nnc(CCC(N)=O)n3C)c3ccccc3n2n1. The van der Waals surface area contributed by atoms with Gasteiger partial charge >= 0.3 is 0 Å². The smallest absolute Gasteiger partial charge is 0.217 e. The maximum Gasteiger partial charge on any atom is 0.217 e. The van der Waals surface area contributed by atoms with Crippen LogP contribution in [0.4, 0.5) is 0 Å². The quantitative estimate of drug-likeness (QED) is 0.540. The van der Waals surface area contributed by atoms with Crippen molar-refractivity contribution in [3.63, 3.8) is 0 Å². The van der Waals surface area contributed by atoms with Crippen LogP contribution in [-0.2, 0) is 18.3 Å². The molecular weight excluding hydrogens is 350 g/mol. The maximum atomic E-state index is 11.0. The highest BCUT2D eigenvalue weighted by molar-refractivity contribution is 7.99. The van der Waals surface area contributed by atoms with Gasteiger partial charge in [-0.15, -0.1) is 10.2 Å². The number of carbonyl (C=O) groups is 1. The summed E-state index contributed by atoms with van der Waals surface area (Å²) in [5.41, 5.74) is 7.91. The highest BCUT2D eigenvalue weighted by atomic mass is 32.2. The molecule has 0 atom stereocenters. The topological polar surface area (TPSA) is 104 Å². The van der Waals surface area contributed by atoms with Crippen LogP contribution in [0.3, 0.4) is 0 Å². The predicted octanol–water partition coefficient (Wildman–Crippen LogP) is 1.89. The predicted molar refractivity (Wildman–Crippen MR) is 97.9 cm³/mol. The average molecular weight is 367 g/mol. The van der Waals surface area contributed by atoms with E-state index in [2.05, 4.69) is 15.3 Å². The highest BCUT2D eigenvalue weighted by Gasteiger charge is 2.16. The minimum atomic E-state index is -0.351. The van der Waals surface area contributed by atoms with Crippen molar-refractivity contribution in [3.05, 3.63) is 41.9 Å². The average Bonchev–Trinajstić information content (AvgIpc) is 3.16. The summed E-state index contributed by atoms with van der Waals surface area (Å²) in [5, 5.41) is 15.5. The van der Waals surface area contributed by atoms with Crippen LogP contribution >= 0.6 is 11.8 Å². The van der Waals surface area contributed by atoms with Crippen LogP contribution in [0.1, 0.15) is 17.9 Å². The van der Waals surface area contributed by atoms with Gasteiger partial charge in [-0.1, -0.05) is 18.2 Å². The van der Waals surface area contributed by atoms with E-state index in [1.54, 1.807) is 0 Å². The number of hydrogen-bond donors (Lipinski definition) is 1. The number of nitrogens with two attached hydrogens (primary N) is 1. The van der Waals surface area contributed by atoms with Gasteiger partial charge in [-0.2, -0.15) is 5.10 Å². The lowest BCUT2D eigenvalue weighted by atomic mass is 10.2. The number of aryl methyl sites for hydroxylation is 2. The van der Waals surface area contributed by atoms with Crippen molar-refractivity contribution >= 4 is 34.2 Å². The van der Waals surface area contributed by atoms with Gasteiger partial charge in [0.1, 0.15) is 10.9 Å². The molecule has 3 heterocycles. The molecule has 0 spiro atoms. The molecule has 0 saturated carbocycles. The maximum absolute atomic E-state index is 11.0. The molecule has 3 aromatic heterocycles. The molecule has 132 valence electrons. The Hall–Kier alpha value is -2.94. The van der Waals surface area contributed by atoms with Gasteiger partial charge in [-0.3, -0.25) is 4.79 Å². The van der Waals surface area contributed by atoms with Crippen molar-refractivity contribution in [1.82, 2.24) is 29.4 Å². The Bertz CT molecular complexity index is 1130. The van der Waals surface area contributed by atoms with Crippen molar-refractivity contribution in [1.29, 1.82) is 0 Å². The third-order valence-corrected chi connectivity index (χ3v) is 5.14. The summed E-state index contributed by atoms with van der Waals surface area (Å²) in [6.07, 6.45) is 0.716. The fourth-order valence-corrected chi connectivity index (χ4v) is 3.72. The molecule has 0 aliphatic heterocycles. The number of aromatic nitrogens is 6. The lowest BCUT2D eigenvalue weighted by molar-refractivity contribution is -0.118. The first-order valence-electron chi connectivity index (χ1n) is 8.12. The van der Waals surface area contributed by atoms with E-state index in [-0.39, 0.29) is 12.3 Å². The van der Waals surface area contributed by atoms with E-state index < -0.39 is 0 Å². The molecule has 1 amide bonds. The summed E-state index contributed by atoms with van der Waals surface area (Å²) in [6, 6.07) is 9.95. The van der Waals surface area contributed by atoms with Gasteiger partial charge in [0.25, 0.3) is 0 Å². The molecule has 0 aliphatic rings. The summed E-state index contributed by atoms with van der Waals surface area (Å²) in [7, 11) is 1.88. The summed E-state index contributed by atoms with van der Waals surface area (Å²) in [6.45, 7) is 1.95. The Kier molecular flexibility index (Phi) is 4.08. The van der Waals surface area contributed by atoms with Crippen molar-refractivity contribution in [2.75, 3.05) is 0 Å². The molecule has 0 bridgehead atoms. The van der Waals surface area contributed by atoms with Gasteiger partial charge in [0.05, 0.1) is 11.2 Å². The van der Waals surface area contributed by atoms with Crippen molar-refractivity contribution in [2.24, 2.45) is 12.8 Å². The summed E-state index contributed by atoms with van der Waals surface area (Å²) in [4.78, 5) is 15.7. The normalized spacial score (nSPS) is 11.5. The monoisotopic (exact) mass is 367 g/mol. The fraction of sp³-hybridized carbons (Fsp3) is 0.235. The second-order valence-corrected chi connectivity index (χ2v) is 6.97. The Balaban J connectivity index is 1.76. The van der Waals surface area contributed by atoms with E-state index in [1.807, 2.05) is 53.4 Å². The number of amides is 1.